The average Bonchev–Trinajstić information content (AvgIpc) is 3.03. The van der Waals surface area contributed by atoms with E-state index in [2.05, 4.69) is 18.4 Å². The molecule has 6 aliphatic carbocycles. The lowest BCUT2D eigenvalue weighted by Gasteiger charge is -2.69. The number of nitrogens with zero attached hydrogens (tertiary/aromatic N) is 1. The molecule has 2 spiro atoms. The van der Waals surface area contributed by atoms with Gasteiger partial charge in [-0.15, -0.1) is 0 Å². The molecule has 6 saturated carbocycles. The monoisotopic (exact) mass is 415 g/mol. The molecule has 5 unspecified atom stereocenters. The lowest BCUT2D eigenvalue weighted by Crippen LogP contribution is -2.77. The molecule has 3 heterocycles. The van der Waals surface area contributed by atoms with Gasteiger partial charge in [0, 0.05) is 36.3 Å². The van der Waals surface area contributed by atoms with Crippen LogP contribution in [0, 0.1) is 39.9 Å². The largest absolute Gasteiger partial charge is 0.457 e. The van der Waals surface area contributed by atoms with Gasteiger partial charge in [0.25, 0.3) is 0 Å². The van der Waals surface area contributed by atoms with Crippen molar-refractivity contribution in [3.05, 3.63) is 12.2 Å². The van der Waals surface area contributed by atoms with Crippen LogP contribution in [0.1, 0.15) is 52.9 Å². The summed E-state index contributed by atoms with van der Waals surface area (Å²) in [6.45, 7) is 11.0. The van der Waals surface area contributed by atoms with Gasteiger partial charge < -0.3 is 20.1 Å². The van der Waals surface area contributed by atoms with E-state index in [-0.39, 0.29) is 46.5 Å². The summed E-state index contributed by atoms with van der Waals surface area (Å²) >= 11 is 0. The summed E-state index contributed by atoms with van der Waals surface area (Å²) in [5.74, 6) is -0.509. The maximum absolute atomic E-state index is 12.7. The molecular formula is C24H33NO5. The van der Waals surface area contributed by atoms with Crippen LogP contribution in [0.5, 0.6) is 0 Å². The first-order valence-electron chi connectivity index (χ1n) is 11.8. The summed E-state index contributed by atoms with van der Waals surface area (Å²) in [5.41, 5.74) is -2.56. The van der Waals surface area contributed by atoms with Crippen molar-refractivity contribution in [1.82, 2.24) is 4.90 Å². The third-order valence-corrected chi connectivity index (χ3v) is 11.2. The highest BCUT2D eigenvalue weighted by atomic mass is 16.5. The first kappa shape index (κ1) is 18.6. The number of carbonyl (C=O) groups excluding carboxylic acids is 1. The maximum atomic E-state index is 12.7. The molecule has 6 nitrogen and oxygen atoms in total. The Hall–Kier alpha value is -0.950. The Labute approximate surface area is 177 Å². The van der Waals surface area contributed by atoms with Gasteiger partial charge in [0.05, 0.1) is 12.0 Å². The zero-order chi connectivity index (χ0) is 21.2. The summed E-state index contributed by atoms with van der Waals surface area (Å²) < 4.78 is 6.09. The maximum Gasteiger partial charge on any atom is 0.308 e. The average molecular weight is 416 g/mol. The number of hydrogen-bond donors (Lipinski definition) is 3. The minimum absolute atomic E-state index is 0.0469. The van der Waals surface area contributed by atoms with Gasteiger partial charge in [-0.05, 0) is 41.6 Å². The van der Waals surface area contributed by atoms with E-state index in [1.807, 2.05) is 13.8 Å². The highest BCUT2D eigenvalue weighted by Crippen LogP contribution is 2.89. The van der Waals surface area contributed by atoms with Gasteiger partial charge in [-0.2, -0.15) is 0 Å². The van der Waals surface area contributed by atoms with E-state index in [9.17, 15) is 20.1 Å². The summed E-state index contributed by atoms with van der Waals surface area (Å²) in [7, 11) is 0. The number of esters is 1. The first-order chi connectivity index (χ1) is 14.0. The number of fused-ring (bicyclic) bond motifs is 1. The van der Waals surface area contributed by atoms with E-state index in [0.717, 1.165) is 25.8 Å². The van der Waals surface area contributed by atoms with E-state index in [0.29, 0.717) is 18.4 Å². The van der Waals surface area contributed by atoms with E-state index >= 15 is 0 Å². The van der Waals surface area contributed by atoms with E-state index in [1.54, 1.807) is 0 Å². The zero-order valence-electron chi connectivity index (χ0n) is 18.1. The van der Waals surface area contributed by atoms with Crippen LogP contribution in [0.3, 0.4) is 0 Å². The van der Waals surface area contributed by atoms with Crippen LogP contribution in [-0.4, -0.2) is 62.3 Å². The van der Waals surface area contributed by atoms with Crippen LogP contribution in [0.15, 0.2) is 12.2 Å². The van der Waals surface area contributed by atoms with Crippen LogP contribution in [0.2, 0.25) is 0 Å². The molecule has 0 aromatic rings. The molecule has 6 heteroatoms. The molecule has 0 radical (unpaired) electrons. The Kier molecular flexibility index (Phi) is 2.92. The SMILES string of the molecule is C=C1C(OC(=O)C(C)C)C23C[C@@]4(O)[C@@H]5[C@@]6(C)CCC[C@]57C([C@H]2C[C@@]1(O)C(O)[C@H]37)N4C6. The fraction of sp³-hybridized carbons (Fsp3) is 0.875. The molecule has 3 aliphatic heterocycles. The van der Waals surface area contributed by atoms with Crippen LogP contribution in [-0.2, 0) is 9.53 Å². The van der Waals surface area contributed by atoms with Crippen molar-refractivity contribution < 1.29 is 24.9 Å². The summed E-state index contributed by atoms with van der Waals surface area (Å²) in [6, 6.07) is 0.150. The van der Waals surface area contributed by atoms with E-state index in [1.165, 1.54) is 0 Å². The number of rotatable bonds is 2. The van der Waals surface area contributed by atoms with Gasteiger partial charge in [-0.3, -0.25) is 9.69 Å². The normalized spacial score (nSPS) is 65.7. The fourth-order valence-electron chi connectivity index (χ4n) is 10.9. The third-order valence-electron chi connectivity index (χ3n) is 11.2. The van der Waals surface area contributed by atoms with Crippen LogP contribution < -0.4 is 0 Å². The molecule has 0 aromatic carbocycles. The quantitative estimate of drug-likeness (QED) is 0.467. The second-order valence-corrected chi connectivity index (χ2v) is 12.4. The lowest BCUT2D eigenvalue weighted by atomic mass is 9.38. The second-order valence-electron chi connectivity index (χ2n) is 12.4. The lowest BCUT2D eigenvalue weighted by molar-refractivity contribution is -0.303. The minimum atomic E-state index is -1.41. The van der Waals surface area contributed by atoms with E-state index < -0.39 is 28.9 Å². The van der Waals surface area contributed by atoms with Crippen LogP contribution in [0.4, 0.5) is 0 Å². The van der Waals surface area contributed by atoms with Crippen molar-refractivity contribution >= 4 is 5.97 Å². The number of carbonyl (C=O) groups is 1. The molecule has 0 amide bonds. The zero-order valence-corrected chi connectivity index (χ0v) is 18.1. The summed E-state index contributed by atoms with van der Waals surface area (Å²) in [6.07, 6.45) is 2.60. The Morgan fingerprint density at radius 2 is 2.00 bits per heavy atom. The number of ether oxygens (including phenoxy) is 1. The Morgan fingerprint density at radius 1 is 1.27 bits per heavy atom. The first-order valence-corrected chi connectivity index (χ1v) is 11.8. The van der Waals surface area contributed by atoms with Gasteiger partial charge in [0.15, 0.2) is 0 Å². The molecule has 0 aromatic heterocycles. The van der Waals surface area contributed by atoms with Crippen molar-refractivity contribution in [2.45, 2.75) is 82.5 Å². The molecule has 9 fully saturated rings. The molecular weight excluding hydrogens is 382 g/mol. The second kappa shape index (κ2) is 4.70. The van der Waals surface area contributed by atoms with Gasteiger partial charge in [0.2, 0.25) is 0 Å². The topological polar surface area (TPSA) is 90.2 Å². The molecule has 3 N–H and O–H groups in total. The van der Waals surface area contributed by atoms with Crippen molar-refractivity contribution in [1.29, 1.82) is 0 Å². The van der Waals surface area contributed by atoms with Gasteiger partial charge in [-0.1, -0.05) is 33.8 Å². The molecule has 3 saturated heterocycles. The van der Waals surface area contributed by atoms with E-state index in [4.69, 9.17) is 4.74 Å². The van der Waals surface area contributed by atoms with Crippen LogP contribution in [0.25, 0.3) is 0 Å². The molecule has 9 aliphatic rings. The highest BCUT2D eigenvalue weighted by Gasteiger charge is 2.95. The third kappa shape index (κ3) is 1.44. The number of hydrogen-bond acceptors (Lipinski definition) is 6. The fourth-order valence-corrected chi connectivity index (χ4v) is 10.9. The molecule has 9 rings (SSSR count). The van der Waals surface area contributed by atoms with Crippen molar-refractivity contribution in [3.63, 3.8) is 0 Å². The molecule has 9 bridgehead atoms. The van der Waals surface area contributed by atoms with Crippen molar-refractivity contribution in [2.24, 2.45) is 39.9 Å². The molecule has 30 heavy (non-hydrogen) atoms. The van der Waals surface area contributed by atoms with Gasteiger partial charge in [0.1, 0.15) is 17.4 Å². The highest BCUT2D eigenvalue weighted by molar-refractivity contribution is 5.72. The Morgan fingerprint density at radius 3 is 2.70 bits per heavy atom. The van der Waals surface area contributed by atoms with Crippen molar-refractivity contribution in [2.75, 3.05) is 6.54 Å². The smallest absolute Gasteiger partial charge is 0.308 e. The molecule has 164 valence electrons. The Balaban J connectivity index is 1.47. The number of piperidine rings is 2. The van der Waals surface area contributed by atoms with Gasteiger partial charge >= 0.3 is 5.97 Å². The molecule has 12 atom stereocenters. The predicted molar refractivity (Wildman–Crippen MR) is 107 cm³/mol. The number of aliphatic hydroxyl groups is 3. The summed E-state index contributed by atoms with van der Waals surface area (Å²) in [5, 5.41) is 35.6. The van der Waals surface area contributed by atoms with Gasteiger partial charge in [-0.25, -0.2) is 0 Å². The standard InChI is InChI=1S/C24H33NO5/c1-11(2)18(27)30-17-12(3)23(28)8-13-15-21-7-5-6-20(4)10-25(15)24(29,19(20)21)9-22(13,17)14(21)16(23)26/h11,13-17,19,26,28-29H,3,5-10H2,1-2,4H3/t13-,14+,15?,16?,17?,19-,20+,21+,22?,23+,24-/m1/s1. The Bertz CT molecular complexity index is 919. The summed E-state index contributed by atoms with van der Waals surface area (Å²) in [4.78, 5) is 15.1. The van der Waals surface area contributed by atoms with Crippen LogP contribution >= 0.6 is 0 Å². The number of aliphatic hydroxyl groups excluding tert-OH is 1. The van der Waals surface area contributed by atoms with Crippen molar-refractivity contribution in [3.8, 4) is 0 Å². The predicted octanol–water partition coefficient (Wildman–Crippen LogP) is 1.43. The minimum Gasteiger partial charge on any atom is -0.457 e.